The molecule has 8 nitrogen and oxygen atoms in total. The second-order valence-electron chi connectivity index (χ2n) is 7.48. The first kappa shape index (κ1) is 22.0. The summed E-state index contributed by atoms with van der Waals surface area (Å²) in [6.45, 7) is 3.95. The Morgan fingerprint density at radius 1 is 1.25 bits per heavy atom. The number of carbonyl (C=O) groups is 1. The Bertz CT molecular complexity index is 1140. The van der Waals surface area contributed by atoms with Crippen molar-refractivity contribution in [1.29, 1.82) is 0 Å². The molecule has 32 heavy (non-hydrogen) atoms. The fourth-order valence-electron chi connectivity index (χ4n) is 3.59. The zero-order valence-electron chi connectivity index (χ0n) is 17.6. The molecule has 11 heteroatoms. The smallest absolute Gasteiger partial charge is 0.416 e. The third-order valence-electron chi connectivity index (χ3n) is 5.21. The van der Waals surface area contributed by atoms with Gasteiger partial charge in [0.05, 0.1) is 17.3 Å². The molecule has 0 saturated carbocycles. The summed E-state index contributed by atoms with van der Waals surface area (Å²) in [6.07, 6.45) is -3.50. The second kappa shape index (κ2) is 8.73. The summed E-state index contributed by atoms with van der Waals surface area (Å²) in [5, 5.41) is 11.7. The third-order valence-corrected chi connectivity index (χ3v) is 5.21. The number of pyridine rings is 1. The van der Waals surface area contributed by atoms with Gasteiger partial charge in [-0.2, -0.15) is 23.1 Å². The van der Waals surface area contributed by atoms with Gasteiger partial charge in [-0.3, -0.25) is 4.79 Å². The van der Waals surface area contributed by atoms with E-state index in [-0.39, 0.29) is 24.5 Å². The molecule has 1 N–H and O–H groups in total. The van der Waals surface area contributed by atoms with Crippen molar-refractivity contribution >= 4 is 17.1 Å². The maximum Gasteiger partial charge on any atom is 0.416 e. The average Bonchev–Trinajstić information content (AvgIpc) is 3.17. The Balaban J connectivity index is 1.72. The molecule has 170 valence electrons. The minimum Gasteiger partial charge on any atom is -0.467 e. The number of nitrogens with zero attached hydrogens (tertiary/aromatic N) is 4. The van der Waals surface area contributed by atoms with Crippen molar-refractivity contribution in [2.75, 3.05) is 19.9 Å². The van der Waals surface area contributed by atoms with E-state index in [4.69, 9.17) is 9.47 Å². The van der Waals surface area contributed by atoms with Crippen LogP contribution in [-0.2, 0) is 15.7 Å². The minimum atomic E-state index is -4.51. The highest BCUT2D eigenvalue weighted by atomic mass is 19.4. The van der Waals surface area contributed by atoms with E-state index < -0.39 is 11.7 Å². The summed E-state index contributed by atoms with van der Waals surface area (Å²) in [7, 11) is 0. The van der Waals surface area contributed by atoms with Crippen LogP contribution in [0.15, 0.2) is 24.3 Å². The number of benzene rings is 1. The fraction of sp³-hybridized carbons (Fsp3) is 0.429. The largest absolute Gasteiger partial charge is 0.467 e. The molecule has 1 aliphatic rings. The van der Waals surface area contributed by atoms with Crippen LogP contribution in [0, 0.1) is 6.92 Å². The summed E-state index contributed by atoms with van der Waals surface area (Å²) in [5.41, 5.74) is 1.30. The highest BCUT2D eigenvalue weighted by Crippen LogP contribution is 2.39. The van der Waals surface area contributed by atoms with Crippen LogP contribution in [-0.4, -0.2) is 45.8 Å². The zero-order chi connectivity index (χ0) is 22.9. The van der Waals surface area contributed by atoms with Crippen molar-refractivity contribution in [1.82, 2.24) is 25.3 Å². The molecule has 1 fully saturated rings. The number of aromatic nitrogens is 4. The second-order valence-corrected chi connectivity index (χ2v) is 7.48. The molecular weight excluding hydrogens is 427 g/mol. The topological polar surface area (TPSA) is 91.2 Å². The minimum absolute atomic E-state index is 0.00395. The molecule has 1 aliphatic heterocycles. The van der Waals surface area contributed by atoms with Gasteiger partial charge >= 0.3 is 6.18 Å². The molecule has 0 spiro atoms. The van der Waals surface area contributed by atoms with E-state index in [9.17, 15) is 18.0 Å². The Morgan fingerprint density at radius 3 is 2.75 bits per heavy atom. The number of amides is 1. The van der Waals surface area contributed by atoms with E-state index in [0.717, 1.165) is 12.1 Å². The quantitative estimate of drug-likeness (QED) is 0.456. The summed E-state index contributed by atoms with van der Waals surface area (Å²) < 4.78 is 50.7. The van der Waals surface area contributed by atoms with Crippen molar-refractivity contribution in [2.45, 2.75) is 38.9 Å². The molecule has 3 heterocycles. The van der Waals surface area contributed by atoms with Crippen molar-refractivity contribution in [3.05, 3.63) is 35.4 Å². The normalized spacial score (nSPS) is 16.9. The van der Waals surface area contributed by atoms with Gasteiger partial charge in [0.25, 0.3) is 0 Å². The predicted octanol–water partition coefficient (Wildman–Crippen LogP) is 3.64. The van der Waals surface area contributed by atoms with Gasteiger partial charge in [0.2, 0.25) is 11.6 Å². The van der Waals surface area contributed by atoms with E-state index in [1.807, 2.05) is 0 Å². The van der Waals surface area contributed by atoms with Crippen LogP contribution in [0.3, 0.4) is 0 Å². The lowest BCUT2D eigenvalue weighted by Crippen LogP contribution is -2.36. The van der Waals surface area contributed by atoms with Gasteiger partial charge in [-0.1, -0.05) is 0 Å². The van der Waals surface area contributed by atoms with Crippen molar-refractivity contribution in [3.8, 4) is 17.0 Å². The summed E-state index contributed by atoms with van der Waals surface area (Å²) in [5.74, 6) is 0.0238. The number of hydrogen-bond donors (Lipinski definition) is 1. The van der Waals surface area contributed by atoms with Crippen molar-refractivity contribution in [3.63, 3.8) is 0 Å². The van der Waals surface area contributed by atoms with Gasteiger partial charge in [-0.25, -0.2) is 4.98 Å². The number of nitrogens with one attached hydrogen (secondary N) is 1. The van der Waals surface area contributed by atoms with Crippen LogP contribution >= 0.6 is 0 Å². The number of halogens is 3. The van der Waals surface area contributed by atoms with Crippen LogP contribution in [0.5, 0.6) is 5.75 Å². The molecule has 1 saturated heterocycles. The van der Waals surface area contributed by atoms with Gasteiger partial charge < -0.3 is 14.8 Å². The standard InChI is InChI=1S/C21H22F3N5O3/c1-3-31-11-32-17-9-13(21(22,23)24)8-12(2)19(17)15-5-6-16-20(26-15)28-29(27-16)14-4-7-18(30)25-10-14/h5-6,8-9,14H,3-4,7,10-11H2,1-2H3,(H,25,30)/t14-/m1/s1. The number of piperidine rings is 1. The fourth-order valence-corrected chi connectivity index (χ4v) is 3.59. The number of carbonyl (C=O) groups excluding carboxylic acids is 1. The van der Waals surface area contributed by atoms with Gasteiger partial charge in [-0.15, -0.1) is 5.10 Å². The Hall–Kier alpha value is -3.21. The monoisotopic (exact) mass is 449 g/mol. The Labute approximate surface area is 181 Å². The number of fused-ring (bicyclic) bond motifs is 1. The Morgan fingerprint density at radius 2 is 2.06 bits per heavy atom. The van der Waals surface area contributed by atoms with Crippen LogP contribution < -0.4 is 10.1 Å². The number of ether oxygens (including phenoxy) is 2. The highest BCUT2D eigenvalue weighted by molar-refractivity contribution is 5.79. The number of aryl methyl sites for hydroxylation is 1. The van der Waals surface area contributed by atoms with Gasteiger partial charge in [0.15, 0.2) is 6.79 Å². The summed E-state index contributed by atoms with van der Waals surface area (Å²) >= 11 is 0. The van der Waals surface area contributed by atoms with E-state index in [1.165, 1.54) is 4.80 Å². The van der Waals surface area contributed by atoms with Crippen LogP contribution in [0.2, 0.25) is 0 Å². The molecule has 4 rings (SSSR count). The molecule has 1 amide bonds. The van der Waals surface area contributed by atoms with Crippen molar-refractivity contribution in [2.24, 2.45) is 0 Å². The van der Waals surface area contributed by atoms with Gasteiger partial charge in [0.1, 0.15) is 11.3 Å². The highest BCUT2D eigenvalue weighted by Gasteiger charge is 2.32. The summed E-state index contributed by atoms with van der Waals surface area (Å²) in [6, 6.07) is 5.33. The SMILES string of the molecule is CCOCOc1cc(C(F)(F)F)cc(C)c1-c1ccc2nn([C@@H]3CCC(=O)NC3)nc2n1. The van der Waals surface area contributed by atoms with Crippen molar-refractivity contribution < 1.29 is 27.4 Å². The van der Waals surface area contributed by atoms with Crippen LogP contribution in [0.4, 0.5) is 13.2 Å². The maximum absolute atomic E-state index is 13.3. The molecular formula is C21H22F3N5O3. The van der Waals surface area contributed by atoms with Crippen LogP contribution in [0.1, 0.15) is 36.9 Å². The van der Waals surface area contributed by atoms with E-state index in [2.05, 4.69) is 20.5 Å². The molecule has 0 bridgehead atoms. The van der Waals surface area contributed by atoms with E-state index >= 15 is 0 Å². The molecule has 0 radical (unpaired) electrons. The molecule has 3 aromatic rings. The average molecular weight is 449 g/mol. The van der Waals surface area contributed by atoms with Gasteiger partial charge in [0, 0.05) is 25.1 Å². The lowest BCUT2D eigenvalue weighted by atomic mass is 10.00. The third kappa shape index (κ3) is 4.52. The maximum atomic E-state index is 13.3. The predicted molar refractivity (Wildman–Crippen MR) is 109 cm³/mol. The first-order valence-corrected chi connectivity index (χ1v) is 10.2. The lowest BCUT2D eigenvalue weighted by molar-refractivity contribution is -0.137. The zero-order valence-corrected chi connectivity index (χ0v) is 17.6. The van der Waals surface area contributed by atoms with E-state index in [1.54, 1.807) is 26.0 Å². The molecule has 0 unspecified atom stereocenters. The number of hydrogen-bond acceptors (Lipinski definition) is 6. The molecule has 0 aliphatic carbocycles. The number of rotatable bonds is 6. The van der Waals surface area contributed by atoms with Crippen LogP contribution in [0.25, 0.3) is 22.4 Å². The molecule has 1 atom stereocenters. The summed E-state index contributed by atoms with van der Waals surface area (Å²) in [4.78, 5) is 17.5. The number of alkyl halides is 3. The first-order chi connectivity index (χ1) is 15.3. The first-order valence-electron chi connectivity index (χ1n) is 10.2. The van der Waals surface area contributed by atoms with E-state index in [0.29, 0.717) is 54.0 Å². The lowest BCUT2D eigenvalue weighted by Gasteiger charge is -2.21. The molecule has 2 aromatic heterocycles. The van der Waals surface area contributed by atoms with Gasteiger partial charge in [-0.05, 0) is 50.1 Å². The molecule has 1 aromatic carbocycles. The Kier molecular flexibility index (Phi) is 6.00.